The van der Waals surface area contributed by atoms with Crippen molar-refractivity contribution in [2.45, 2.75) is 38.1 Å². The fourth-order valence-corrected chi connectivity index (χ4v) is 4.01. The lowest BCUT2D eigenvalue weighted by molar-refractivity contribution is 0.103. The second-order valence-corrected chi connectivity index (χ2v) is 6.71. The van der Waals surface area contributed by atoms with Gasteiger partial charge in [-0.1, -0.05) is 36.9 Å². The quantitative estimate of drug-likeness (QED) is 0.802. The van der Waals surface area contributed by atoms with Crippen molar-refractivity contribution in [3.05, 3.63) is 34.6 Å². The van der Waals surface area contributed by atoms with Gasteiger partial charge in [0.1, 0.15) is 5.82 Å². The van der Waals surface area contributed by atoms with Crippen molar-refractivity contribution in [1.82, 2.24) is 10.2 Å². The Morgan fingerprint density at radius 3 is 2.35 bits per heavy atom. The predicted octanol–water partition coefficient (Wildman–Crippen LogP) is 4.85. The van der Waals surface area contributed by atoms with Gasteiger partial charge in [0.2, 0.25) is 0 Å². The summed E-state index contributed by atoms with van der Waals surface area (Å²) in [5.74, 6) is 0.363. The van der Waals surface area contributed by atoms with E-state index in [2.05, 4.69) is 10.2 Å². The maximum atomic E-state index is 13.9. The van der Waals surface area contributed by atoms with Crippen molar-refractivity contribution < 1.29 is 4.39 Å². The van der Waals surface area contributed by atoms with Crippen LogP contribution in [0.1, 0.15) is 43.7 Å². The van der Waals surface area contributed by atoms with Crippen LogP contribution in [-0.4, -0.2) is 31.1 Å². The van der Waals surface area contributed by atoms with Gasteiger partial charge in [0.15, 0.2) is 0 Å². The summed E-state index contributed by atoms with van der Waals surface area (Å²) in [6.45, 7) is 4.15. The van der Waals surface area contributed by atoms with Crippen LogP contribution in [0.3, 0.4) is 0 Å². The van der Waals surface area contributed by atoms with Crippen LogP contribution < -0.4 is 5.32 Å². The number of rotatable bonds is 3. The molecule has 132 valence electrons. The molecule has 1 N–H and O–H groups in total. The lowest BCUT2D eigenvalue weighted by Crippen LogP contribution is -2.47. The summed E-state index contributed by atoms with van der Waals surface area (Å²) in [5, 5.41) is 3.63. The van der Waals surface area contributed by atoms with E-state index in [-0.39, 0.29) is 35.7 Å². The Morgan fingerprint density at radius 2 is 1.74 bits per heavy atom. The molecule has 0 amide bonds. The van der Waals surface area contributed by atoms with E-state index in [0.29, 0.717) is 12.0 Å². The van der Waals surface area contributed by atoms with Crippen molar-refractivity contribution in [3.63, 3.8) is 0 Å². The molecule has 1 saturated heterocycles. The highest BCUT2D eigenvalue weighted by atomic mass is 35.5. The highest BCUT2D eigenvalue weighted by Crippen LogP contribution is 2.39. The second kappa shape index (κ2) is 10.0. The lowest BCUT2D eigenvalue weighted by atomic mass is 9.80. The van der Waals surface area contributed by atoms with Gasteiger partial charge in [0.05, 0.1) is 5.02 Å². The molecular formula is C17H26Cl3FN2. The van der Waals surface area contributed by atoms with E-state index in [1.807, 2.05) is 6.07 Å². The van der Waals surface area contributed by atoms with E-state index in [9.17, 15) is 4.39 Å². The highest BCUT2D eigenvalue weighted by Gasteiger charge is 2.31. The molecule has 0 unspecified atom stereocenters. The third-order valence-corrected chi connectivity index (χ3v) is 5.23. The standard InChI is InChI=1S/C17H24ClFN2.2ClH/c18-15-7-6-14(12-16(15)19)17(13-4-2-1-3-5-13)21-10-8-20-9-11-21;;/h6-7,12-13,17,20H,1-5,8-11H2;2*1H/t17-;;/m0../s1. The molecule has 2 aliphatic rings. The molecule has 2 fully saturated rings. The Morgan fingerprint density at radius 1 is 1.09 bits per heavy atom. The maximum Gasteiger partial charge on any atom is 0.142 e. The van der Waals surface area contributed by atoms with Gasteiger partial charge in [-0.15, -0.1) is 24.8 Å². The molecule has 2 nitrogen and oxygen atoms in total. The first-order chi connectivity index (χ1) is 10.3. The Balaban J connectivity index is 0.00000132. The number of halogens is 4. The zero-order valence-corrected chi connectivity index (χ0v) is 15.7. The number of benzene rings is 1. The Bertz CT molecular complexity index is 457. The highest BCUT2D eigenvalue weighted by molar-refractivity contribution is 6.30. The average Bonchev–Trinajstić information content (AvgIpc) is 2.53. The van der Waals surface area contributed by atoms with Crippen molar-refractivity contribution >= 4 is 36.4 Å². The van der Waals surface area contributed by atoms with Crippen LogP contribution >= 0.6 is 36.4 Å². The molecule has 0 radical (unpaired) electrons. The van der Waals surface area contributed by atoms with Crippen LogP contribution in [-0.2, 0) is 0 Å². The minimum Gasteiger partial charge on any atom is -0.314 e. The second-order valence-electron chi connectivity index (χ2n) is 6.30. The summed E-state index contributed by atoms with van der Waals surface area (Å²) < 4.78 is 13.9. The summed E-state index contributed by atoms with van der Waals surface area (Å²) in [6, 6.07) is 5.74. The van der Waals surface area contributed by atoms with Crippen molar-refractivity contribution in [3.8, 4) is 0 Å². The molecule has 6 heteroatoms. The summed E-state index contributed by atoms with van der Waals surface area (Å²) in [6.07, 6.45) is 6.49. The van der Waals surface area contributed by atoms with E-state index in [0.717, 1.165) is 31.7 Å². The van der Waals surface area contributed by atoms with Gasteiger partial charge in [-0.25, -0.2) is 4.39 Å². The molecule has 3 rings (SSSR count). The SMILES string of the molecule is Cl.Cl.Fc1cc([C@H](C2CCCCC2)N2CCNCC2)ccc1Cl. The predicted molar refractivity (Wildman–Crippen MR) is 99.7 cm³/mol. The molecule has 23 heavy (non-hydrogen) atoms. The molecular weight excluding hydrogens is 358 g/mol. The number of hydrogen-bond donors (Lipinski definition) is 1. The summed E-state index contributed by atoms with van der Waals surface area (Å²) in [4.78, 5) is 2.54. The molecule has 0 bridgehead atoms. The largest absolute Gasteiger partial charge is 0.314 e. The lowest BCUT2D eigenvalue weighted by Gasteiger charge is -2.41. The van der Waals surface area contributed by atoms with Crippen LogP contribution in [0.5, 0.6) is 0 Å². The number of piperazine rings is 1. The van der Waals surface area contributed by atoms with Gasteiger partial charge < -0.3 is 5.32 Å². The molecule has 1 aliphatic heterocycles. The Kier molecular flexibility index (Phi) is 9.17. The first-order valence-electron chi connectivity index (χ1n) is 8.15. The first kappa shape index (κ1) is 21.0. The molecule has 1 aromatic rings. The minimum absolute atomic E-state index is 0. The van der Waals surface area contributed by atoms with E-state index in [1.54, 1.807) is 12.1 Å². The van der Waals surface area contributed by atoms with E-state index >= 15 is 0 Å². The fraction of sp³-hybridized carbons (Fsp3) is 0.647. The molecule has 1 atom stereocenters. The number of hydrogen-bond acceptors (Lipinski definition) is 2. The molecule has 1 heterocycles. The van der Waals surface area contributed by atoms with Crippen molar-refractivity contribution in [2.75, 3.05) is 26.2 Å². The van der Waals surface area contributed by atoms with Gasteiger partial charge >= 0.3 is 0 Å². The monoisotopic (exact) mass is 382 g/mol. The zero-order chi connectivity index (χ0) is 14.7. The van der Waals surface area contributed by atoms with Gasteiger partial charge in [-0.05, 0) is 36.5 Å². The molecule has 1 aliphatic carbocycles. The van der Waals surface area contributed by atoms with Crippen LogP contribution in [0.15, 0.2) is 18.2 Å². The normalized spacial score (nSPS) is 21.1. The van der Waals surface area contributed by atoms with Crippen LogP contribution in [0.2, 0.25) is 5.02 Å². The minimum atomic E-state index is -0.287. The summed E-state index contributed by atoms with van der Waals surface area (Å²) in [7, 11) is 0. The van der Waals surface area contributed by atoms with Gasteiger partial charge in [-0.2, -0.15) is 0 Å². The molecule has 0 aromatic heterocycles. The van der Waals surface area contributed by atoms with Crippen molar-refractivity contribution in [1.29, 1.82) is 0 Å². The van der Waals surface area contributed by atoms with Gasteiger partial charge in [0, 0.05) is 32.2 Å². The van der Waals surface area contributed by atoms with Crippen LogP contribution in [0, 0.1) is 11.7 Å². The molecule has 1 saturated carbocycles. The van der Waals surface area contributed by atoms with Gasteiger partial charge in [0.25, 0.3) is 0 Å². The topological polar surface area (TPSA) is 15.3 Å². The Hall–Kier alpha value is -0.0600. The van der Waals surface area contributed by atoms with Crippen molar-refractivity contribution in [2.24, 2.45) is 5.92 Å². The van der Waals surface area contributed by atoms with Crippen LogP contribution in [0.25, 0.3) is 0 Å². The maximum absolute atomic E-state index is 13.9. The van der Waals surface area contributed by atoms with E-state index < -0.39 is 0 Å². The zero-order valence-electron chi connectivity index (χ0n) is 13.3. The smallest absolute Gasteiger partial charge is 0.142 e. The third kappa shape index (κ3) is 5.20. The molecule has 0 spiro atoms. The fourth-order valence-electron chi connectivity index (χ4n) is 3.89. The Labute approximate surface area is 156 Å². The first-order valence-corrected chi connectivity index (χ1v) is 8.53. The van der Waals surface area contributed by atoms with Gasteiger partial charge in [-0.3, -0.25) is 4.90 Å². The third-order valence-electron chi connectivity index (χ3n) is 4.93. The number of nitrogens with zero attached hydrogens (tertiary/aromatic N) is 1. The van der Waals surface area contributed by atoms with E-state index in [1.165, 1.54) is 32.1 Å². The number of nitrogens with one attached hydrogen (secondary N) is 1. The molecule has 1 aromatic carbocycles. The van der Waals surface area contributed by atoms with E-state index in [4.69, 9.17) is 11.6 Å². The van der Waals surface area contributed by atoms with Crippen LogP contribution in [0.4, 0.5) is 4.39 Å². The summed E-state index contributed by atoms with van der Waals surface area (Å²) >= 11 is 5.86. The average molecular weight is 384 g/mol. The summed E-state index contributed by atoms with van der Waals surface area (Å²) in [5.41, 5.74) is 1.10.